The molecule has 1 aromatic rings. The Labute approximate surface area is 124 Å². The normalized spacial score (nSPS) is 12.8. The van der Waals surface area contributed by atoms with Crippen molar-refractivity contribution in [2.24, 2.45) is 0 Å². The van der Waals surface area contributed by atoms with Crippen molar-refractivity contribution in [2.45, 2.75) is 58.7 Å². The van der Waals surface area contributed by atoms with Crippen LogP contribution >= 0.6 is 0 Å². The number of aliphatic carboxylic acids is 1. The van der Waals surface area contributed by atoms with Gasteiger partial charge in [0.25, 0.3) is 0 Å². The lowest BCUT2D eigenvalue weighted by Gasteiger charge is -2.23. The van der Waals surface area contributed by atoms with Crippen LogP contribution in [0.4, 0.5) is 4.79 Å². The quantitative estimate of drug-likeness (QED) is 0.840. The molecule has 2 N–H and O–H groups in total. The van der Waals surface area contributed by atoms with Crippen molar-refractivity contribution >= 4 is 12.1 Å². The molecule has 0 radical (unpaired) electrons. The monoisotopic (exact) mass is 297 g/mol. The van der Waals surface area contributed by atoms with Crippen molar-refractivity contribution in [2.75, 3.05) is 0 Å². The van der Waals surface area contributed by atoms with Gasteiger partial charge in [-0.2, -0.15) is 5.10 Å². The number of alkyl carbamates (subject to hydrolysis) is 1. The second-order valence-electron chi connectivity index (χ2n) is 5.78. The van der Waals surface area contributed by atoms with Crippen LogP contribution in [0.2, 0.25) is 0 Å². The van der Waals surface area contributed by atoms with Crippen molar-refractivity contribution in [1.29, 1.82) is 0 Å². The molecular weight excluding hydrogens is 274 g/mol. The first-order chi connectivity index (χ1) is 9.73. The molecule has 0 spiro atoms. The maximum Gasteiger partial charge on any atom is 0.408 e. The number of carboxylic acid groups (broad SMARTS) is 1. The summed E-state index contributed by atoms with van der Waals surface area (Å²) in [7, 11) is 0. The van der Waals surface area contributed by atoms with Gasteiger partial charge in [0.2, 0.25) is 0 Å². The fraction of sp³-hybridized carbons (Fsp3) is 0.643. The first-order valence-electron chi connectivity index (χ1n) is 6.96. The Morgan fingerprint density at radius 1 is 1.48 bits per heavy atom. The lowest BCUT2D eigenvalue weighted by atomic mass is 10.1. The molecule has 0 aliphatic rings. The number of nitrogens with one attached hydrogen (secondary N) is 1. The third-order valence-corrected chi connectivity index (χ3v) is 2.61. The fourth-order valence-electron chi connectivity index (χ4n) is 1.89. The summed E-state index contributed by atoms with van der Waals surface area (Å²) in [5.74, 6) is -1.000. The number of hydrogen-bond donors (Lipinski definition) is 2. The van der Waals surface area contributed by atoms with Gasteiger partial charge < -0.3 is 15.2 Å². The number of carbonyl (C=O) groups is 2. The molecule has 21 heavy (non-hydrogen) atoms. The molecule has 0 saturated heterocycles. The first kappa shape index (κ1) is 17.0. The summed E-state index contributed by atoms with van der Waals surface area (Å²) in [6, 6.07) is 1.03. The van der Waals surface area contributed by atoms with E-state index >= 15 is 0 Å². The van der Waals surface area contributed by atoms with Crippen LogP contribution in [0.25, 0.3) is 0 Å². The van der Waals surface area contributed by atoms with Gasteiger partial charge in [-0.05, 0) is 33.3 Å². The van der Waals surface area contributed by atoms with E-state index in [-0.39, 0.29) is 6.42 Å². The molecule has 0 aliphatic heterocycles. The topological polar surface area (TPSA) is 93.5 Å². The molecule has 1 atom stereocenters. The molecular formula is C14H23N3O4. The maximum absolute atomic E-state index is 11.9. The molecule has 1 heterocycles. The molecule has 118 valence electrons. The molecule has 7 nitrogen and oxygen atoms in total. The summed E-state index contributed by atoms with van der Waals surface area (Å²) >= 11 is 0. The molecule has 1 aromatic heterocycles. The molecule has 0 aliphatic carbocycles. The third kappa shape index (κ3) is 5.85. The summed E-state index contributed by atoms with van der Waals surface area (Å²) in [5, 5.41) is 15.8. The number of carboxylic acids is 1. The molecule has 0 aromatic carbocycles. The average molecular weight is 297 g/mol. The summed E-state index contributed by atoms with van der Waals surface area (Å²) < 4.78 is 6.87. The highest BCUT2D eigenvalue weighted by Crippen LogP contribution is 2.18. The molecule has 1 rings (SSSR count). The van der Waals surface area contributed by atoms with Crippen molar-refractivity contribution in [3.8, 4) is 0 Å². The van der Waals surface area contributed by atoms with Gasteiger partial charge in [-0.3, -0.25) is 9.48 Å². The van der Waals surface area contributed by atoms with Gasteiger partial charge >= 0.3 is 12.1 Å². The average Bonchev–Trinajstić information content (AvgIpc) is 2.73. The van der Waals surface area contributed by atoms with E-state index < -0.39 is 23.7 Å². The Morgan fingerprint density at radius 3 is 2.67 bits per heavy atom. The maximum atomic E-state index is 11.9. The summed E-state index contributed by atoms with van der Waals surface area (Å²) in [6.07, 6.45) is 1.59. The van der Waals surface area contributed by atoms with Gasteiger partial charge in [0.1, 0.15) is 5.60 Å². The number of rotatable bonds is 6. The van der Waals surface area contributed by atoms with Crippen LogP contribution in [-0.4, -0.2) is 32.6 Å². The SMILES string of the molecule is CCCn1nccc1C(CC(=O)O)NC(=O)OC(C)(C)C. The second-order valence-corrected chi connectivity index (χ2v) is 5.78. The van der Waals surface area contributed by atoms with E-state index in [1.54, 1.807) is 37.7 Å². The molecule has 0 bridgehead atoms. The smallest absolute Gasteiger partial charge is 0.408 e. The Morgan fingerprint density at radius 2 is 2.14 bits per heavy atom. The highest BCUT2D eigenvalue weighted by molar-refractivity contribution is 5.72. The van der Waals surface area contributed by atoms with Crippen LogP contribution in [0, 0.1) is 0 Å². The van der Waals surface area contributed by atoms with Crippen LogP contribution in [0.5, 0.6) is 0 Å². The first-order valence-corrected chi connectivity index (χ1v) is 6.96. The Hall–Kier alpha value is -2.05. The van der Waals surface area contributed by atoms with Gasteiger partial charge in [0, 0.05) is 12.7 Å². The van der Waals surface area contributed by atoms with Crippen LogP contribution in [-0.2, 0) is 16.1 Å². The van der Waals surface area contributed by atoms with Gasteiger partial charge in [-0.25, -0.2) is 4.79 Å². The van der Waals surface area contributed by atoms with E-state index in [1.807, 2.05) is 6.92 Å². The standard InChI is InChI=1S/C14H23N3O4/c1-5-8-17-11(6-7-15-17)10(9-12(18)19)16-13(20)21-14(2,3)4/h6-7,10H,5,8-9H2,1-4H3,(H,16,20)(H,18,19). The molecule has 1 unspecified atom stereocenters. The van der Waals surface area contributed by atoms with E-state index in [0.29, 0.717) is 12.2 Å². The van der Waals surface area contributed by atoms with Crippen molar-refractivity contribution in [3.63, 3.8) is 0 Å². The highest BCUT2D eigenvalue weighted by Gasteiger charge is 2.24. The number of hydrogen-bond acceptors (Lipinski definition) is 4. The summed E-state index contributed by atoms with van der Waals surface area (Å²) in [4.78, 5) is 22.9. The molecule has 1 amide bonds. The number of aromatic nitrogens is 2. The predicted molar refractivity (Wildman–Crippen MR) is 76.9 cm³/mol. The lowest BCUT2D eigenvalue weighted by molar-refractivity contribution is -0.137. The number of ether oxygens (including phenoxy) is 1. The van der Waals surface area contributed by atoms with Crippen LogP contribution in [0.15, 0.2) is 12.3 Å². The molecule has 0 fully saturated rings. The van der Waals surface area contributed by atoms with E-state index in [2.05, 4.69) is 10.4 Å². The number of amides is 1. The zero-order valence-electron chi connectivity index (χ0n) is 12.9. The number of nitrogens with zero attached hydrogens (tertiary/aromatic N) is 2. The van der Waals surface area contributed by atoms with Crippen LogP contribution < -0.4 is 5.32 Å². The number of carbonyl (C=O) groups excluding carboxylic acids is 1. The Bertz CT molecular complexity index is 491. The van der Waals surface area contributed by atoms with Gasteiger partial charge in [-0.15, -0.1) is 0 Å². The number of aryl methyl sites for hydroxylation is 1. The fourth-order valence-corrected chi connectivity index (χ4v) is 1.89. The minimum Gasteiger partial charge on any atom is -0.481 e. The van der Waals surface area contributed by atoms with Gasteiger partial charge in [-0.1, -0.05) is 6.92 Å². The van der Waals surface area contributed by atoms with Crippen LogP contribution in [0.1, 0.15) is 52.3 Å². The van der Waals surface area contributed by atoms with Crippen molar-refractivity contribution in [3.05, 3.63) is 18.0 Å². The lowest BCUT2D eigenvalue weighted by Crippen LogP contribution is -2.36. The predicted octanol–water partition coefficient (Wildman–Crippen LogP) is 2.33. The van der Waals surface area contributed by atoms with E-state index in [1.165, 1.54) is 0 Å². The summed E-state index contributed by atoms with van der Waals surface area (Å²) in [6.45, 7) is 7.91. The largest absolute Gasteiger partial charge is 0.481 e. The summed E-state index contributed by atoms with van der Waals surface area (Å²) in [5.41, 5.74) is 0.0201. The van der Waals surface area contributed by atoms with Crippen molar-refractivity contribution < 1.29 is 19.4 Å². The minimum absolute atomic E-state index is 0.228. The zero-order valence-corrected chi connectivity index (χ0v) is 12.9. The van der Waals surface area contributed by atoms with Crippen LogP contribution in [0.3, 0.4) is 0 Å². The van der Waals surface area contributed by atoms with Gasteiger partial charge in [0.05, 0.1) is 18.2 Å². The third-order valence-electron chi connectivity index (χ3n) is 2.61. The molecule has 7 heteroatoms. The Kier molecular flexibility index (Phi) is 5.75. The second kappa shape index (κ2) is 7.10. The van der Waals surface area contributed by atoms with E-state index in [4.69, 9.17) is 9.84 Å². The van der Waals surface area contributed by atoms with Crippen molar-refractivity contribution in [1.82, 2.24) is 15.1 Å². The van der Waals surface area contributed by atoms with E-state index in [0.717, 1.165) is 6.42 Å². The Balaban J connectivity index is 2.87. The minimum atomic E-state index is -1.000. The van der Waals surface area contributed by atoms with E-state index in [9.17, 15) is 9.59 Å². The van der Waals surface area contributed by atoms with Gasteiger partial charge in [0.15, 0.2) is 0 Å². The molecule has 0 saturated carbocycles. The zero-order chi connectivity index (χ0) is 16.0. The highest BCUT2D eigenvalue weighted by atomic mass is 16.6.